The quantitative estimate of drug-likeness (QED) is 0.591. The van der Waals surface area contributed by atoms with Crippen molar-refractivity contribution in [3.8, 4) is 17.6 Å². The van der Waals surface area contributed by atoms with E-state index in [2.05, 4.69) is 0 Å². The molecule has 1 amide bonds. The Morgan fingerprint density at radius 1 is 1.31 bits per heavy atom. The highest BCUT2D eigenvalue weighted by Crippen LogP contribution is 2.42. The molecule has 0 saturated carbocycles. The molecule has 3 rings (SSSR count). The highest BCUT2D eigenvalue weighted by Gasteiger charge is 2.45. The molecule has 9 nitrogen and oxygen atoms in total. The molecule has 0 fully saturated rings. The van der Waals surface area contributed by atoms with Gasteiger partial charge in [-0.1, -0.05) is 0 Å². The van der Waals surface area contributed by atoms with Crippen LogP contribution < -0.4 is 4.74 Å². The first kappa shape index (κ1) is 17.3. The van der Waals surface area contributed by atoms with Crippen molar-refractivity contribution in [2.45, 2.75) is 4.90 Å². The summed E-state index contributed by atoms with van der Waals surface area (Å²) in [5, 5.41) is 20.3. The Morgan fingerprint density at radius 3 is 2.62 bits per heavy atom. The number of carbonyl (C=O) groups is 1. The third-order valence-corrected chi connectivity index (χ3v) is 5.43. The summed E-state index contributed by atoms with van der Waals surface area (Å²) in [5.41, 5.74) is -1.57. The number of nitro benzene ring substituents is 1. The van der Waals surface area contributed by atoms with Gasteiger partial charge in [-0.3, -0.25) is 14.9 Å². The van der Waals surface area contributed by atoms with E-state index in [1.807, 2.05) is 0 Å². The molecule has 0 atom stereocenters. The lowest BCUT2D eigenvalue weighted by molar-refractivity contribution is -0.386. The first-order chi connectivity index (χ1) is 12.2. The van der Waals surface area contributed by atoms with Crippen LogP contribution >= 0.6 is 0 Å². The average molecular weight is 377 g/mol. The monoisotopic (exact) mass is 377 g/mol. The Labute approximate surface area is 146 Å². The average Bonchev–Trinajstić information content (AvgIpc) is 2.74. The van der Waals surface area contributed by atoms with Crippen LogP contribution in [0.5, 0.6) is 11.5 Å². The Kier molecular flexibility index (Phi) is 3.85. The van der Waals surface area contributed by atoms with E-state index in [1.54, 1.807) is 6.07 Å². The zero-order valence-corrected chi connectivity index (χ0v) is 13.8. The number of hydrogen-bond acceptors (Lipinski definition) is 7. The number of ether oxygens (including phenoxy) is 1. The summed E-state index contributed by atoms with van der Waals surface area (Å²) in [5.74, 6) is -2.55. The lowest BCUT2D eigenvalue weighted by atomic mass is 10.1. The maximum absolute atomic E-state index is 13.5. The molecule has 0 aromatic heterocycles. The largest absolute Gasteiger partial charge is 0.450 e. The van der Waals surface area contributed by atoms with E-state index in [-0.39, 0.29) is 11.3 Å². The minimum Gasteiger partial charge on any atom is -0.450 e. The number of benzene rings is 2. The van der Waals surface area contributed by atoms with Crippen LogP contribution in [-0.2, 0) is 10.0 Å². The van der Waals surface area contributed by atoms with E-state index in [4.69, 9.17) is 10.00 Å². The fraction of sp³-hybridized carbons (Fsp3) is 0.0667. The molecule has 11 heteroatoms. The number of sulfonamides is 1. The van der Waals surface area contributed by atoms with Crippen LogP contribution in [0.1, 0.15) is 15.9 Å². The highest BCUT2D eigenvalue weighted by molar-refractivity contribution is 7.90. The maximum atomic E-state index is 13.5. The van der Waals surface area contributed by atoms with Gasteiger partial charge in [0, 0.05) is 13.1 Å². The van der Waals surface area contributed by atoms with Gasteiger partial charge in [-0.2, -0.15) is 5.26 Å². The van der Waals surface area contributed by atoms with Crippen LogP contribution in [0.25, 0.3) is 0 Å². The second-order valence-electron chi connectivity index (χ2n) is 5.21. The first-order valence-electron chi connectivity index (χ1n) is 6.90. The van der Waals surface area contributed by atoms with E-state index in [1.165, 1.54) is 0 Å². The van der Waals surface area contributed by atoms with Gasteiger partial charge in [0.2, 0.25) is 5.75 Å². The molecule has 2 aromatic carbocycles. The summed E-state index contributed by atoms with van der Waals surface area (Å²) >= 11 is 0. The standard InChI is InChI=1S/C15H8FN3O6S/c1-18-15(20)13-12(26(18,23)24)3-2-11(14(13)19(21)22)25-10-5-8(7-17)4-9(16)6-10/h2-6H,1H3. The van der Waals surface area contributed by atoms with Crippen LogP contribution in [0, 0.1) is 27.3 Å². The fourth-order valence-corrected chi connectivity index (χ4v) is 3.75. The Bertz CT molecular complexity index is 1120. The van der Waals surface area contributed by atoms with Crippen LogP contribution in [0.3, 0.4) is 0 Å². The molecule has 2 aromatic rings. The number of rotatable bonds is 3. The third kappa shape index (κ3) is 2.52. The minimum absolute atomic E-state index is 0.0813. The summed E-state index contributed by atoms with van der Waals surface area (Å²) in [6.45, 7) is 0. The van der Waals surface area contributed by atoms with E-state index in [9.17, 15) is 27.7 Å². The van der Waals surface area contributed by atoms with Crippen LogP contribution in [-0.4, -0.2) is 30.6 Å². The third-order valence-electron chi connectivity index (χ3n) is 3.65. The molecular formula is C15H8FN3O6S. The molecule has 0 bridgehead atoms. The normalized spacial score (nSPS) is 14.7. The van der Waals surface area contributed by atoms with Gasteiger partial charge in [0.15, 0.2) is 0 Å². The van der Waals surface area contributed by atoms with Crippen LogP contribution in [0.15, 0.2) is 35.2 Å². The zero-order valence-electron chi connectivity index (χ0n) is 13.0. The van der Waals surface area contributed by atoms with Gasteiger partial charge in [-0.15, -0.1) is 0 Å². The van der Waals surface area contributed by atoms with Crippen molar-refractivity contribution in [1.82, 2.24) is 4.31 Å². The van der Waals surface area contributed by atoms with Gasteiger partial charge in [-0.25, -0.2) is 17.1 Å². The molecule has 0 unspecified atom stereocenters. The molecule has 0 saturated heterocycles. The van der Waals surface area contributed by atoms with E-state index >= 15 is 0 Å². The van der Waals surface area contributed by atoms with Crippen molar-refractivity contribution in [1.29, 1.82) is 5.26 Å². The SMILES string of the molecule is CN1C(=O)c2c(ccc(Oc3cc(F)cc(C#N)c3)c2[N+](=O)[O-])S1(=O)=O. The van der Waals surface area contributed by atoms with Gasteiger partial charge < -0.3 is 4.74 Å². The summed E-state index contributed by atoms with van der Waals surface area (Å²) in [6, 6.07) is 6.67. The molecule has 1 aliphatic rings. The predicted octanol–water partition coefficient (Wildman–Crippen LogP) is 2.17. The molecule has 132 valence electrons. The zero-order chi connectivity index (χ0) is 19.2. The smallest absolute Gasteiger partial charge is 0.325 e. The fourth-order valence-electron chi connectivity index (χ4n) is 2.47. The molecule has 26 heavy (non-hydrogen) atoms. The molecule has 0 aliphatic carbocycles. The maximum Gasteiger partial charge on any atom is 0.325 e. The Balaban J connectivity index is 2.20. The molecular weight excluding hydrogens is 369 g/mol. The molecule has 0 radical (unpaired) electrons. The van der Waals surface area contributed by atoms with Crippen molar-refractivity contribution >= 4 is 21.6 Å². The van der Waals surface area contributed by atoms with Gasteiger partial charge in [-0.05, 0) is 24.3 Å². The van der Waals surface area contributed by atoms with Gasteiger partial charge in [0.05, 0.1) is 16.6 Å². The topological polar surface area (TPSA) is 131 Å². The van der Waals surface area contributed by atoms with Gasteiger partial charge >= 0.3 is 5.69 Å². The molecule has 0 N–H and O–H groups in total. The number of nitriles is 1. The van der Waals surface area contributed by atoms with Crippen molar-refractivity contribution in [2.24, 2.45) is 0 Å². The summed E-state index contributed by atoms with van der Waals surface area (Å²) < 4.78 is 43.4. The van der Waals surface area contributed by atoms with E-state index in [0.717, 1.165) is 37.4 Å². The summed E-state index contributed by atoms with van der Waals surface area (Å²) in [4.78, 5) is 22.2. The van der Waals surface area contributed by atoms with E-state index in [0.29, 0.717) is 4.31 Å². The number of halogens is 1. The summed E-state index contributed by atoms with van der Waals surface area (Å²) in [6.07, 6.45) is 0. The molecule has 1 heterocycles. The van der Waals surface area contributed by atoms with E-state index < -0.39 is 48.6 Å². The number of fused-ring (bicyclic) bond motifs is 1. The number of amides is 1. The molecule has 1 aliphatic heterocycles. The highest BCUT2D eigenvalue weighted by atomic mass is 32.2. The summed E-state index contributed by atoms with van der Waals surface area (Å²) in [7, 11) is -3.20. The van der Waals surface area contributed by atoms with Crippen LogP contribution in [0.4, 0.5) is 10.1 Å². The van der Waals surface area contributed by atoms with Gasteiger partial charge in [0.1, 0.15) is 22.0 Å². The van der Waals surface area contributed by atoms with Crippen molar-refractivity contribution in [2.75, 3.05) is 7.05 Å². The van der Waals surface area contributed by atoms with Crippen molar-refractivity contribution < 1.29 is 27.3 Å². The lowest BCUT2D eigenvalue weighted by Gasteiger charge is -2.08. The van der Waals surface area contributed by atoms with Crippen LogP contribution in [0.2, 0.25) is 0 Å². The van der Waals surface area contributed by atoms with Crippen molar-refractivity contribution in [3.63, 3.8) is 0 Å². The predicted molar refractivity (Wildman–Crippen MR) is 83.6 cm³/mol. The number of carbonyl (C=O) groups excluding carboxylic acids is 1. The Morgan fingerprint density at radius 2 is 2.00 bits per heavy atom. The molecule has 0 spiro atoms. The number of hydrogen-bond donors (Lipinski definition) is 0. The first-order valence-corrected chi connectivity index (χ1v) is 8.34. The number of nitrogens with zero attached hydrogens (tertiary/aromatic N) is 3. The lowest BCUT2D eigenvalue weighted by Crippen LogP contribution is -2.25. The Hall–Kier alpha value is -3.52. The second-order valence-corrected chi connectivity index (χ2v) is 7.15. The van der Waals surface area contributed by atoms with Crippen molar-refractivity contribution in [3.05, 3.63) is 57.4 Å². The van der Waals surface area contributed by atoms with Gasteiger partial charge in [0.25, 0.3) is 15.9 Å². The second kappa shape index (κ2) is 5.78. The number of nitro groups is 1. The minimum atomic E-state index is -4.18.